The van der Waals surface area contributed by atoms with Crippen molar-refractivity contribution < 1.29 is 5.11 Å². The van der Waals surface area contributed by atoms with Gasteiger partial charge in [-0.15, -0.1) is 12.4 Å². The number of benzene rings is 1. The van der Waals surface area contributed by atoms with Crippen LogP contribution in [0.4, 0.5) is 0 Å². The number of aryl methyl sites for hydroxylation is 1. The van der Waals surface area contributed by atoms with E-state index in [4.69, 9.17) is 5.73 Å². The van der Waals surface area contributed by atoms with Crippen molar-refractivity contribution in [2.24, 2.45) is 5.73 Å². The maximum Gasteiger partial charge on any atom is 0.120 e. The van der Waals surface area contributed by atoms with Crippen LogP contribution >= 0.6 is 12.4 Å². The summed E-state index contributed by atoms with van der Waals surface area (Å²) in [7, 11) is 0. The van der Waals surface area contributed by atoms with E-state index in [1.165, 1.54) is 0 Å². The van der Waals surface area contributed by atoms with Crippen molar-refractivity contribution >= 4 is 12.4 Å². The molecular weight excluding hydrogens is 186 g/mol. The zero-order chi connectivity index (χ0) is 9.14. The first-order chi connectivity index (χ1) is 5.65. The summed E-state index contributed by atoms with van der Waals surface area (Å²) in [5, 5.41) is 9.51. The molecule has 13 heavy (non-hydrogen) atoms. The second-order valence-electron chi connectivity index (χ2n) is 3.08. The lowest BCUT2D eigenvalue weighted by molar-refractivity contribution is 0.460. The van der Waals surface area contributed by atoms with E-state index in [1.54, 1.807) is 6.07 Å². The molecule has 74 valence electrons. The molecule has 0 aliphatic rings. The molecule has 0 radical (unpaired) electrons. The number of phenols is 1. The molecule has 1 rings (SSSR count). The Labute approximate surface area is 85.2 Å². The van der Waals surface area contributed by atoms with Gasteiger partial charge in [0.1, 0.15) is 5.75 Å². The molecule has 0 heterocycles. The zero-order valence-electron chi connectivity index (χ0n) is 7.95. The first-order valence-electron chi connectivity index (χ1n) is 4.20. The van der Waals surface area contributed by atoms with Crippen LogP contribution in [0.2, 0.25) is 0 Å². The minimum absolute atomic E-state index is 0. The summed E-state index contributed by atoms with van der Waals surface area (Å²) in [6, 6.07) is 5.54. The Balaban J connectivity index is 0.00000144. The lowest BCUT2D eigenvalue weighted by Gasteiger charge is -2.11. The summed E-state index contributed by atoms with van der Waals surface area (Å²) in [6.07, 6.45) is 0.844. The normalized spacial score (nSPS) is 11.9. The SMILES string of the molecule is CC[C@@H](N)c1ccc(C)cc1O.Cl. The van der Waals surface area contributed by atoms with Crippen molar-refractivity contribution in [2.45, 2.75) is 26.3 Å². The molecule has 0 spiro atoms. The highest BCUT2D eigenvalue weighted by Crippen LogP contribution is 2.25. The molecule has 1 atom stereocenters. The second-order valence-corrected chi connectivity index (χ2v) is 3.08. The highest BCUT2D eigenvalue weighted by molar-refractivity contribution is 5.85. The van der Waals surface area contributed by atoms with Crippen LogP contribution in [0.25, 0.3) is 0 Å². The molecule has 2 nitrogen and oxygen atoms in total. The molecule has 0 aromatic heterocycles. The Bertz CT molecular complexity index is 276. The minimum Gasteiger partial charge on any atom is -0.508 e. The van der Waals surface area contributed by atoms with E-state index in [1.807, 2.05) is 26.0 Å². The van der Waals surface area contributed by atoms with Gasteiger partial charge in [0.25, 0.3) is 0 Å². The Morgan fingerprint density at radius 3 is 2.54 bits per heavy atom. The molecule has 1 aromatic rings. The fourth-order valence-electron chi connectivity index (χ4n) is 1.19. The molecule has 0 amide bonds. The fraction of sp³-hybridized carbons (Fsp3) is 0.400. The van der Waals surface area contributed by atoms with Gasteiger partial charge in [-0.25, -0.2) is 0 Å². The molecule has 0 fully saturated rings. The minimum atomic E-state index is -0.0504. The second kappa shape index (κ2) is 5.10. The van der Waals surface area contributed by atoms with Crippen molar-refractivity contribution in [3.05, 3.63) is 29.3 Å². The smallest absolute Gasteiger partial charge is 0.120 e. The third-order valence-electron chi connectivity index (χ3n) is 2.03. The largest absolute Gasteiger partial charge is 0.508 e. The van der Waals surface area contributed by atoms with Gasteiger partial charge in [0.15, 0.2) is 0 Å². The van der Waals surface area contributed by atoms with Gasteiger partial charge in [-0.2, -0.15) is 0 Å². The van der Waals surface area contributed by atoms with Gasteiger partial charge in [-0.1, -0.05) is 19.1 Å². The number of phenolic OH excluding ortho intramolecular Hbond substituents is 1. The van der Waals surface area contributed by atoms with E-state index in [0.29, 0.717) is 5.75 Å². The van der Waals surface area contributed by atoms with E-state index in [-0.39, 0.29) is 18.4 Å². The van der Waals surface area contributed by atoms with Crippen LogP contribution in [0.5, 0.6) is 5.75 Å². The van der Waals surface area contributed by atoms with Crippen molar-refractivity contribution in [1.82, 2.24) is 0 Å². The molecule has 0 aliphatic carbocycles. The third-order valence-corrected chi connectivity index (χ3v) is 2.03. The summed E-state index contributed by atoms with van der Waals surface area (Å²) < 4.78 is 0. The van der Waals surface area contributed by atoms with Gasteiger partial charge in [0.05, 0.1) is 0 Å². The highest BCUT2D eigenvalue weighted by Gasteiger charge is 2.07. The summed E-state index contributed by atoms with van der Waals surface area (Å²) in [5.74, 6) is 0.310. The monoisotopic (exact) mass is 201 g/mol. The number of aromatic hydroxyl groups is 1. The molecule has 0 saturated carbocycles. The molecule has 1 aromatic carbocycles. The van der Waals surface area contributed by atoms with Crippen molar-refractivity contribution in [2.75, 3.05) is 0 Å². The van der Waals surface area contributed by atoms with Gasteiger partial charge in [-0.3, -0.25) is 0 Å². The Morgan fingerprint density at radius 1 is 1.46 bits per heavy atom. The van der Waals surface area contributed by atoms with E-state index < -0.39 is 0 Å². The first kappa shape index (κ1) is 12.3. The van der Waals surface area contributed by atoms with E-state index in [9.17, 15) is 5.11 Å². The molecular formula is C10H16ClNO. The molecule has 0 unspecified atom stereocenters. The van der Waals surface area contributed by atoms with E-state index in [0.717, 1.165) is 17.5 Å². The first-order valence-corrected chi connectivity index (χ1v) is 4.20. The van der Waals surface area contributed by atoms with Crippen molar-refractivity contribution in [1.29, 1.82) is 0 Å². The average Bonchev–Trinajstić information content (AvgIpc) is 2.03. The standard InChI is InChI=1S/C10H15NO.ClH/c1-3-9(11)8-5-4-7(2)6-10(8)12;/h4-6,9,12H,3,11H2,1-2H3;1H/t9-;/m1./s1. The van der Waals surface area contributed by atoms with Crippen molar-refractivity contribution in [3.8, 4) is 5.75 Å². The van der Waals surface area contributed by atoms with Gasteiger partial charge < -0.3 is 10.8 Å². The van der Waals surface area contributed by atoms with Gasteiger partial charge >= 0.3 is 0 Å². The molecule has 0 aliphatic heterocycles. The maximum atomic E-state index is 9.51. The number of hydrogen-bond acceptors (Lipinski definition) is 2. The zero-order valence-corrected chi connectivity index (χ0v) is 8.77. The third kappa shape index (κ3) is 2.90. The van der Waals surface area contributed by atoms with Crippen LogP contribution in [0.3, 0.4) is 0 Å². The lowest BCUT2D eigenvalue weighted by atomic mass is 10.0. The molecule has 3 heteroatoms. The van der Waals surface area contributed by atoms with Gasteiger partial charge in [0, 0.05) is 11.6 Å². The Kier molecular flexibility index (Phi) is 4.81. The summed E-state index contributed by atoms with van der Waals surface area (Å²) in [6.45, 7) is 3.95. The number of halogens is 1. The predicted molar refractivity (Wildman–Crippen MR) is 57.3 cm³/mol. The number of nitrogens with two attached hydrogens (primary N) is 1. The maximum absolute atomic E-state index is 9.51. The molecule has 0 saturated heterocycles. The summed E-state index contributed by atoms with van der Waals surface area (Å²) in [4.78, 5) is 0. The summed E-state index contributed by atoms with van der Waals surface area (Å²) in [5.41, 5.74) is 7.68. The quantitative estimate of drug-likeness (QED) is 0.773. The Hall–Kier alpha value is -0.730. The van der Waals surface area contributed by atoms with E-state index >= 15 is 0 Å². The lowest BCUT2D eigenvalue weighted by Crippen LogP contribution is -2.08. The molecule has 0 bridgehead atoms. The van der Waals surface area contributed by atoms with E-state index in [2.05, 4.69) is 0 Å². The number of rotatable bonds is 2. The summed E-state index contributed by atoms with van der Waals surface area (Å²) >= 11 is 0. The number of hydrogen-bond donors (Lipinski definition) is 2. The van der Waals surface area contributed by atoms with Crippen LogP contribution in [0, 0.1) is 6.92 Å². The Morgan fingerprint density at radius 2 is 2.08 bits per heavy atom. The average molecular weight is 202 g/mol. The van der Waals surface area contributed by atoms with Crippen molar-refractivity contribution in [3.63, 3.8) is 0 Å². The highest BCUT2D eigenvalue weighted by atomic mass is 35.5. The topological polar surface area (TPSA) is 46.2 Å². The van der Waals surface area contributed by atoms with Crippen LogP contribution < -0.4 is 5.73 Å². The van der Waals surface area contributed by atoms with Crippen LogP contribution in [0.15, 0.2) is 18.2 Å². The fourth-order valence-corrected chi connectivity index (χ4v) is 1.19. The predicted octanol–water partition coefficient (Wildman–Crippen LogP) is 2.53. The van der Waals surface area contributed by atoms with Crippen LogP contribution in [-0.2, 0) is 0 Å². The van der Waals surface area contributed by atoms with Gasteiger partial charge in [0.2, 0.25) is 0 Å². The van der Waals surface area contributed by atoms with Gasteiger partial charge in [-0.05, 0) is 25.0 Å². The van der Waals surface area contributed by atoms with Crippen LogP contribution in [0.1, 0.15) is 30.5 Å². The molecule has 3 N–H and O–H groups in total. The van der Waals surface area contributed by atoms with Crippen LogP contribution in [-0.4, -0.2) is 5.11 Å².